The van der Waals surface area contributed by atoms with Crippen LogP contribution < -0.4 is 5.32 Å². The van der Waals surface area contributed by atoms with E-state index in [-0.39, 0.29) is 16.7 Å². The second-order valence-electron chi connectivity index (χ2n) is 7.17. The molecule has 23 heavy (non-hydrogen) atoms. The highest BCUT2D eigenvalue weighted by Gasteiger charge is 2.35. The molecule has 1 saturated carbocycles. The number of fused-ring (bicyclic) bond motifs is 1. The van der Waals surface area contributed by atoms with Crippen LogP contribution in [0.3, 0.4) is 0 Å². The number of hydrogen-bond acceptors (Lipinski definition) is 3. The standard InChI is InChI=1S/C19H28N2OS/c1-21(2)19(11-7-3-4-8-12-19)14-20-18(22)17-13-15-9-5-6-10-16(15)23-17/h5-6,9-10,17H,3-4,7-8,11-14H2,1-2H3,(H,20,22). The van der Waals surface area contributed by atoms with Crippen molar-refractivity contribution in [1.82, 2.24) is 10.2 Å². The van der Waals surface area contributed by atoms with Gasteiger partial charge in [-0.2, -0.15) is 0 Å². The van der Waals surface area contributed by atoms with Crippen LogP contribution in [0.5, 0.6) is 0 Å². The van der Waals surface area contributed by atoms with Gasteiger partial charge < -0.3 is 10.2 Å². The van der Waals surface area contributed by atoms with Crippen LogP contribution in [0.1, 0.15) is 44.1 Å². The van der Waals surface area contributed by atoms with Gasteiger partial charge in [0.05, 0.1) is 5.25 Å². The lowest BCUT2D eigenvalue weighted by Gasteiger charge is -2.40. The second-order valence-corrected chi connectivity index (χ2v) is 8.41. The zero-order chi connectivity index (χ0) is 16.3. The average Bonchev–Trinajstić information content (AvgIpc) is 2.83. The molecule has 0 spiro atoms. The van der Waals surface area contributed by atoms with E-state index >= 15 is 0 Å². The average molecular weight is 333 g/mol. The number of amides is 1. The normalized spacial score (nSPS) is 23.3. The fourth-order valence-electron chi connectivity index (χ4n) is 3.86. The van der Waals surface area contributed by atoms with Crippen LogP contribution in [-0.2, 0) is 11.2 Å². The molecule has 126 valence electrons. The minimum absolute atomic E-state index is 0.0393. The van der Waals surface area contributed by atoms with E-state index in [0.29, 0.717) is 0 Å². The summed E-state index contributed by atoms with van der Waals surface area (Å²) in [6, 6.07) is 8.38. The van der Waals surface area contributed by atoms with Gasteiger partial charge in [0.2, 0.25) is 5.91 Å². The minimum atomic E-state index is 0.0393. The van der Waals surface area contributed by atoms with Gasteiger partial charge in [-0.05, 0) is 45.0 Å². The summed E-state index contributed by atoms with van der Waals surface area (Å²) in [5.41, 5.74) is 1.46. The quantitative estimate of drug-likeness (QED) is 0.857. The topological polar surface area (TPSA) is 32.3 Å². The summed E-state index contributed by atoms with van der Waals surface area (Å²) in [6.45, 7) is 0.784. The number of carbonyl (C=O) groups excluding carboxylic acids is 1. The van der Waals surface area contributed by atoms with Gasteiger partial charge in [0.25, 0.3) is 0 Å². The van der Waals surface area contributed by atoms with Crippen molar-refractivity contribution in [2.75, 3.05) is 20.6 Å². The van der Waals surface area contributed by atoms with Crippen molar-refractivity contribution in [1.29, 1.82) is 0 Å². The zero-order valence-electron chi connectivity index (χ0n) is 14.3. The van der Waals surface area contributed by atoms with Gasteiger partial charge in [0.1, 0.15) is 0 Å². The van der Waals surface area contributed by atoms with Crippen LogP contribution in [0.25, 0.3) is 0 Å². The third-order valence-corrected chi connectivity index (χ3v) is 6.83. The number of nitrogens with zero attached hydrogens (tertiary/aromatic N) is 1. The number of thioether (sulfide) groups is 1. The number of carbonyl (C=O) groups is 1. The smallest absolute Gasteiger partial charge is 0.233 e. The van der Waals surface area contributed by atoms with Gasteiger partial charge in [0.15, 0.2) is 0 Å². The van der Waals surface area contributed by atoms with Crippen molar-refractivity contribution >= 4 is 17.7 Å². The molecule has 0 saturated heterocycles. The summed E-state index contributed by atoms with van der Waals surface area (Å²) in [5.74, 6) is 0.205. The molecule has 1 atom stereocenters. The van der Waals surface area contributed by atoms with Gasteiger partial charge >= 0.3 is 0 Å². The van der Waals surface area contributed by atoms with E-state index in [1.807, 2.05) is 0 Å². The molecular formula is C19H28N2OS. The maximum atomic E-state index is 12.7. The first-order chi connectivity index (χ1) is 11.1. The Bertz CT molecular complexity index is 525. The predicted octanol–water partition coefficient (Wildman–Crippen LogP) is 3.47. The second kappa shape index (κ2) is 7.27. The molecule has 1 N–H and O–H groups in total. The highest BCUT2D eigenvalue weighted by Crippen LogP contribution is 2.37. The molecule has 1 aliphatic carbocycles. The van der Waals surface area contributed by atoms with E-state index in [9.17, 15) is 4.79 Å². The molecule has 1 fully saturated rings. The van der Waals surface area contributed by atoms with Crippen LogP contribution in [0, 0.1) is 0 Å². The molecule has 1 amide bonds. The molecule has 1 aliphatic heterocycles. The Morgan fingerprint density at radius 1 is 1.22 bits per heavy atom. The molecule has 0 radical (unpaired) electrons. The van der Waals surface area contributed by atoms with Gasteiger partial charge in [-0.1, -0.05) is 43.9 Å². The lowest BCUT2D eigenvalue weighted by Crippen LogP contribution is -2.53. The Labute approximate surface area is 144 Å². The summed E-state index contributed by atoms with van der Waals surface area (Å²) in [6.07, 6.45) is 8.46. The molecule has 1 heterocycles. The molecule has 0 aromatic heterocycles. The first-order valence-electron chi connectivity index (χ1n) is 8.80. The maximum Gasteiger partial charge on any atom is 0.233 e. The number of nitrogens with one attached hydrogen (secondary N) is 1. The van der Waals surface area contributed by atoms with Gasteiger partial charge in [-0.15, -0.1) is 11.8 Å². The third kappa shape index (κ3) is 3.74. The van der Waals surface area contributed by atoms with Gasteiger partial charge in [0, 0.05) is 17.0 Å². The van der Waals surface area contributed by atoms with Crippen molar-refractivity contribution < 1.29 is 4.79 Å². The van der Waals surface area contributed by atoms with Crippen LogP contribution in [0.15, 0.2) is 29.2 Å². The van der Waals surface area contributed by atoms with E-state index in [2.05, 4.69) is 48.6 Å². The van der Waals surface area contributed by atoms with Crippen molar-refractivity contribution in [3.63, 3.8) is 0 Å². The van der Waals surface area contributed by atoms with E-state index in [1.54, 1.807) is 11.8 Å². The fourth-order valence-corrected chi connectivity index (χ4v) is 5.08. The number of likely N-dealkylation sites (N-methyl/N-ethyl adjacent to an activating group) is 1. The van der Waals surface area contributed by atoms with Crippen LogP contribution in [0.2, 0.25) is 0 Å². The Hall–Kier alpha value is -1.00. The van der Waals surface area contributed by atoms with Crippen LogP contribution in [0.4, 0.5) is 0 Å². The maximum absolute atomic E-state index is 12.7. The highest BCUT2D eigenvalue weighted by molar-refractivity contribution is 8.01. The Balaban J connectivity index is 1.60. The summed E-state index contributed by atoms with van der Waals surface area (Å²) < 4.78 is 0. The minimum Gasteiger partial charge on any atom is -0.353 e. The van der Waals surface area contributed by atoms with E-state index in [0.717, 1.165) is 13.0 Å². The predicted molar refractivity (Wildman–Crippen MR) is 96.9 cm³/mol. The van der Waals surface area contributed by atoms with Gasteiger partial charge in [-0.3, -0.25) is 4.79 Å². The fraction of sp³-hybridized carbons (Fsp3) is 0.632. The van der Waals surface area contributed by atoms with E-state index in [1.165, 1.54) is 49.0 Å². The summed E-state index contributed by atoms with van der Waals surface area (Å²) in [5, 5.41) is 3.32. The molecule has 1 aromatic rings. The summed E-state index contributed by atoms with van der Waals surface area (Å²) >= 11 is 1.72. The van der Waals surface area contributed by atoms with E-state index < -0.39 is 0 Å². The van der Waals surface area contributed by atoms with Crippen molar-refractivity contribution in [2.45, 2.75) is 60.6 Å². The first kappa shape index (κ1) is 16.8. The molecule has 4 heteroatoms. The molecule has 0 bridgehead atoms. The number of benzene rings is 1. The molecule has 1 unspecified atom stereocenters. The molecule has 3 rings (SSSR count). The summed E-state index contributed by atoms with van der Waals surface area (Å²) in [7, 11) is 4.33. The zero-order valence-corrected chi connectivity index (χ0v) is 15.1. The van der Waals surface area contributed by atoms with Gasteiger partial charge in [-0.25, -0.2) is 0 Å². The monoisotopic (exact) mass is 332 g/mol. The third-order valence-electron chi connectivity index (χ3n) is 5.51. The SMILES string of the molecule is CN(C)C1(CNC(=O)C2Cc3ccccc3S2)CCCCCC1. The molecule has 3 nitrogen and oxygen atoms in total. The first-order valence-corrected chi connectivity index (χ1v) is 9.68. The van der Waals surface area contributed by atoms with Crippen LogP contribution in [-0.4, -0.2) is 42.2 Å². The Morgan fingerprint density at radius 2 is 1.91 bits per heavy atom. The Kier molecular flexibility index (Phi) is 5.32. The van der Waals surface area contributed by atoms with Crippen molar-refractivity contribution in [2.24, 2.45) is 0 Å². The molecule has 2 aliphatic rings. The lowest BCUT2D eigenvalue weighted by atomic mass is 9.88. The number of rotatable bonds is 4. The van der Waals surface area contributed by atoms with Crippen molar-refractivity contribution in [3.8, 4) is 0 Å². The largest absolute Gasteiger partial charge is 0.353 e. The van der Waals surface area contributed by atoms with E-state index in [4.69, 9.17) is 0 Å². The van der Waals surface area contributed by atoms with Crippen molar-refractivity contribution in [3.05, 3.63) is 29.8 Å². The lowest BCUT2D eigenvalue weighted by molar-refractivity contribution is -0.121. The highest BCUT2D eigenvalue weighted by atomic mass is 32.2. The van der Waals surface area contributed by atoms with Crippen LogP contribution >= 0.6 is 11.8 Å². The molecule has 1 aromatic carbocycles. The molecular weight excluding hydrogens is 304 g/mol. The number of hydrogen-bond donors (Lipinski definition) is 1. The summed E-state index contributed by atoms with van der Waals surface area (Å²) in [4.78, 5) is 16.3. The Morgan fingerprint density at radius 3 is 2.57 bits per heavy atom.